The quantitative estimate of drug-likeness (QED) is 0.504. The first-order chi connectivity index (χ1) is 13.7. The summed E-state index contributed by atoms with van der Waals surface area (Å²) in [6.07, 6.45) is 5.21. The van der Waals surface area contributed by atoms with E-state index in [0.29, 0.717) is 12.2 Å². The van der Waals surface area contributed by atoms with Crippen LogP contribution in [0.5, 0.6) is 0 Å². The van der Waals surface area contributed by atoms with Gasteiger partial charge in [0.2, 0.25) is 0 Å². The lowest BCUT2D eigenvalue weighted by molar-refractivity contribution is 0.0123. The third-order valence-electron chi connectivity index (χ3n) is 5.54. The van der Waals surface area contributed by atoms with Crippen molar-refractivity contribution in [3.8, 4) is 17.2 Å². The van der Waals surface area contributed by atoms with Gasteiger partial charge in [-0.15, -0.1) is 0 Å². The zero-order chi connectivity index (χ0) is 19.1. The summed E-state index contributed by atoms with van der Waals surface area (Å²) in [6, 6.07) is 14.0. The van der Waals surface area contributed by atoms with E-state index in [1.165, 1.54) is 0 Å². The summed E-state index contributed by atoms with van der Waals surface area (Å²) >= 11 is 0. The second kappa shape index (κ2) is 6.41. The van der Waals surface area contributed by atoms with Gasteiger partial charge in [-0.05, 0) is 48.7 Å². The molecular formula is C22H19N5O. The predicted octanol–water partition coefficient (Wildman–Crippen LogP) is 3.22. The van der Waals surface area contributed by atoms with Gasteiger partial charge in [0.05, 0.1) is 11.7 Å². The topological polar surface area (TPSA) is 97.6 Å². The summed E-state index contributed by atoms with van der Waals surface area (Å²) in [5.74, 6) is 0. The highest BCUT2D eigenvalue weighted by Gasteiger charge is 2.31. The van der Waals surface area contributed by atoms with Crippen LogP contribution in [0.1, 0.15) is 24.1 Å². The highest BCUT2D eigenvalue weighted by atomic mass is 16.3. The van der Waals surface area contributed by atoms with E-state index in [-0.39, 0.29) is 0 Å². The number of aliphatic hydroxyl groups is 1. The fourth-order valence-electron chi connectivity index (χ4n) is 4.02. The third kappa shape index (κ3) is 2.73. The van der Waals surface area contributed by atoms with Gasteiger partial charge in [-0.25, -0.2) is 9.97 Å². The van der Waals surface area contributed by atoms with Crippen molar-refractivity contribution in [2.45, 2.75) is 18.4 Å². The number of pyridine rings is 2. The molecule has 3 aromatic heterocycles. The molecule has 1 aliphatic rings. The summed E-state index contributed by atoms with van der Waals surface area (Å²) in [6.45, 7) is 1.52. The molecule has 138 valence electrons. The molecule has 3 N–H and O–H groups in total. The second-order valence-corrected chi connectivity index (χ2v) is 7.36. The molecule has 0 bridgehead atoms. The first kappa shape index (κ1) is 16.9. The van der Waals surface area contributed by atoms with Crippen molar-refractivity contribution in [1.82, 2.24) is 20.3 Å². The predicted molar refractivity (Wildman–Crippen MR) is 108 cm³/mol. The van der Waals surface area contributed by atoms with Crippen molar-refractivity contribution < 1.29 is 5.11 Å². The number of nitriles is 1. The number of benzene rings is 1. The molecule has 1 fully saturated rings. The van der Waals surface area contributed by atoms with Crippen LogP contribution in [0.3, 0.4) is 0 Å². The van der Waals surface area contributed by atoms with Crippen LogP contribution in [0.15, 0.2) is 48.8 Å². The molecule has 1 aliphatic heterocycles. The average molecular weight is 369 g/mol. The molecular weight excluding hydrogens is 350 g/mol. The summed E-state index contributed by atoms with van der Waals surface area (Å²) in [4.78, 5) is 11.9. The molecule has 0 aliphatic carbocycles. The number of hydrogen-bond acceptors (Lipinski definition) is 5. The lowest BCUT2D eigenvalue weighted by Gasteiger charge is -2.33. The smallest absolute Gasteiger partial charge is 0.141 e. The van der Waals surface area contributed by atoms with Crippen LogP contribution in [0.2, 0.25) is 0 Å². The Morgan fingerprint density at radius 1 is 1.07 bits per heavy atom. The maximum atomic E-state index is 11.0. The number of aromatic nitrogens is 3. The molecule has 0 spiro atoms. The van der Waals surface area contributed by atoms with Gasteiger partial charge < -0.3 is 15.4 Å². The van der Waals surface area contributed by atoms with Gasteiger partial charge in [-0.3, -0.25) is 0 Å². The Balaban J connectivity index is 1.62. The lowest BCUT2D eigenvalue weighted by atomic mass is 9.85. The molecule has 6 heteroatoms. The number of H-pyrrole nitrogens is 1. The van der Waals surface area contributed by atoms with E-state index in [0.717, 1.165) is 58.0 Å². The van der Waals surface area contributed by atoms with Gasteiger partial charge in [-0.1, -0.05) is 18.2 Å². The Labute approximate surface area is 161 Å². The number of β-amino-alcohol motifs (C(OH)–C–C–N with tert-alkyl or cyclic N) is 1. The van der Waals surface area contributed by atoms with E-state index < -0.39 is 5.60 Å². The average Bonchev–Trinajstić information content (AvgIpc) is 3.11. The zero-order valence-electron chi connectivity index (χ0n) is 15.2. The molecule has 4 aromatic rings. The number of nitrogens with zero attached hydrogens (tertiary/aromatic N) is 3. The van der Waals surface area contributed by atoms with Crippen molar-refractivity contribution in [3.05, 3.63) is 60.0 Å². The molecule has 28 heavy (non-hydrogen) atoms. The van der Waals surface area contributed by atoms with E-state index in [1.54, 1.807) is 12.3 Å². The maximum Gasteiger partial charge on any atom is 0.141 e. The van der Waals surface area contributed by atoms with Gasteiger partial charge in [-0.2, -0.15) is 5.26 Å². The summed E-state index contributed by atoms with van der Waals surface area (Å²) in [5.41, 5.74) is 4.07. The SMILES string of the molecule is N#Cc1cc2c(cn1)[nH]c1ncc(-c3cccc(C4(O)CCCNC4)c3)cc12. The van der Waals surface area contributed by atoms with E-state index in [9.17, 15) is 5.11 Å². The highest BCUT2D eigenvalue weighted by molar-refractivity contribution is 6.06. The van der Waals surface area contributed by atoms with Crippen molar-refractivity contribution >= 4 is 21.9 Å². The van der Waals surface area contributed by atoms with Crippen molar-refractivity contribution in [3.63, 3.8) is 0 Å². The van der Waals surface area contributed by atoms with Gasteiger partial charge in [0.15, 0.2) is 0 Å². The summed E-state index contributed by atoms with van der Waals surface area (Å²) < 4.78 is 0. The lowest BCUT2D eigenvalue weighted by Crippen LogP contribution is -2.43. The Bertz CT molecular complexity index is 1230. The Kier molecular flexibility index (Phi) is 3.86. The van der Waals surface area contributed by atoms with E-state index in [2.05, 4.69) is 32.4 Å². The monoisotopic (exact) mass is 369 g/mol. The van der Waals surface area contributed by atoms with E-state index >= 15 is 0 Å². The van der Waals surface area contributed by atoms with E-state index in [4.69, 9.17) is 5.26 Å². The largest absolute Gasteiger partial charge is 0.384 e. The molecule has 1 saturated heterocycles. The number of hydrogen-bond donors (Lipinski definition) is 3. The van der Waals surface area contributed by atoms with E-state index in [1.807, 2.05) is 30.5 Å². The summed E-state index contributed by atoms with van der Waals surface area (Å²) in [7, 11) is 0. The number of aromatic amines is 1. The fourth-order valence-corrected chi connectivity index (χ4v) is 4.02. The molecule has 0 amide bonds. The number of rotatable bonds is 2. The van der Waals surface area contributed by atoms with Crippen molar-refractivity contribution in [2.24, 2.45) is 0 Å². The minimum Gasteiger partial charge on any atom is -0.384 e. The standard InChI is InChI=1S/C22H19N5O/c23-10-17-9-18-19-8-15(11-26-21(19)27-20(18)12-25-17)14-3-1-4-16(7-14)22(28)5-2-6-24-13-22/h1,3-4,7-9,11-12,24,28H,2,5-6,13H2,(H,26,27). The van der Waals surface area contributed by atoms with Gasteiger partial charge in [0, 0.05) is 29.1 Å². The van der Waals surface area contributed by atoms with Crippen LogP contribution in [0.4, 0.5) is 0 Å². The van der Waals surface area contributed by atoms with Crippen molar-refractivity contribution in [1.29, 1.82) is 5.26 Å². The van der Waals surface area contributed by atoms with Gasteiger partial charge in [0.25, 0.3) is 0 Å². The molecule has 0 saturated carbocycles. The second-order valence-electron chi connectivity index (χ2n) is 7.36. The number of piperidine rings is 1. The molecule has 0 radical (unpaired) electrons. The fraction of sp³-hybridized carbons (Fsp3) is 0.227. The number of fused-ring (bicyclic) bond motifs is 3. The zero-order valence-corrected chi connectivity index (χ0v) is 15.2. The molecule has 1 aromatic carbocycles. The van der Waals surface area contributed by atoms with Crippen LogP contribution in [-0.2, 0) is 5.60 Å². The van der Waals surface area contributed by atoms with Crippen molar-refractivity contribution in [2.75, 3.05) is 13.1 Å². The van der Waals surface area contributed by atoms with Gasteiger partial charge >= 0.3 is 0 Å². The normalized spacial score (nSPS) is 19.7. The maximum absolute atomic E-state index is 11.0. The molecule has 1 unspecified atom stereocenters. The minimum atomic E-state index is -0.833. The molecule has 5 rings (SSSR count). The first-order valence-corrected chi connectivity index (χ1v) is 9.38. The van der Waals surface area contributed by atoms with Crippen LogP contribution in [0.25, 0.3) is 33.1 Å². The third-order valence-corrected chi connectivity index (χ3v) is 5.54. The highest BCUT2D eigenvalue weighted by Crippen LogP contribution is 2.33. The molecule has 6 nitrogen and oxygen atoms in total. The van der Waals surface area contributed by atoms with Crippen LogP contribution in [-0.4, -0.2) is 33.1 Å². The molecule has 4 heterocycles. The Morgan fingerprint density at radius 2 is 2.00 bits per heavy atom. The minimum absolute atomic E-state index is 0.382. The van der Waals surface area contributed by atoms with Crippen LogP contribution < -0.4 is 5.32 Å². The Hall–Kier alpha value is -3.27. The first-order valence-electron chi connectivity index (χ1n) is 9.38. The van der Waals surface area contributed by atoms with Crippen LogP contribution >= 0.6 is 0 Å². The summed E-state index contributed by atoms with van der Waals surface area (Å²) in [5, 5.41) is 25.4. The molecule has 1 atom stereocenters. The Morgan fingerprint density at radius 3 is 2.82 bits per heavy atom. The van der Waals surface area contributed by atoms with Gasteiger partial charge in [0.1, 0.15) is 23.0 Å². The number of nitrogens with one attached hydrogen (secondary N) is 2. The van der Waals surface area contributed by atoms with Crippen LogP contribution in [0, 0.1) is 11.3 Å².